The third-order valence-electron chi connectivity index (χ3n) is 2.66. The lowest BCUT2D eigenvalue weighted by Crippen LogP contribution is -2.44. The zero-order valence-electron chi connectivity index (χ0n) is 9.47. The fourth-order valence-corrected chi connectivity index (χ4v) is 3.79. The number of sulfonamides is 1. The van der Waals surface area contributed by atoms with Crippen LogP contribution in [0.25, 0.3) is 0 Å². The molecule has 0 bridgehead atoms. The van der Waals surface area contributed by atoms with E-state index in [2.05, 4.69) is 0 Å². The Morgan fingerprint density at radius 1 is 1.41 bits per heavy atom. The van der Waals surface area contributed by atoms with E-state index in [1.165, 1.54) is 10.4 Å². The summed E-state index contributed by atoms with van der Waals surface area (Å²) >= 11 is 5.93. The van der Waals surface area contributed by atoms with Crippen molar-refractivity contribution < 1.29 is 13.2 Å². The van der Waals surface area contributed by atoms with E-state index < -0.39 is 10.0 Å². The number of halogens is 1. The number of rotatable bonds is 2. The van der Waals surface area contributed by atoms with E-state index in [-0.39, 0.29) is 16.0 Å². The Kier molecular flexibility index (Phi) is 3.73. The number of nitrogens with zero attached hydrogens (tertiary/aromatic N) is 1. The molecule has 0 aromatic heterocycles. The summed E-state index contributed by atoms with van der Waals surface area (Å²) in [5.74, 6) is 0. The van der Waals surface area contributed by atoms with Gasteiger partial charge >= 0.3 is 0 Å². The van der Waals surface area contributed by atoms with Crippen molar-refractivity contribution in [2.45, 2.75) is 17.9 Å². The van der Waals surface area contributed by atoms with Crippen molar-refractivity contribution in [3.8, 4) is 0 Å². The molecule has 0 unspecified atom stereocenters. The van der Waals surface area contributed by atoms with Crippen molar-refractivity contribution in [1.29, 1.82) is 0 Å². The van der Waals surface area contributed by atoms with Gasteiger partial charge in [0.05, 0.1) is 17.7 Å². The third kappa shape index (κ3) is 2.63. The highest BCUT2D eigenvalue weighted by Crippen LogP contribution is 2.25. The first kappa shape index (κ1) is 12.8. The molecule has 0 aliphatic carbocycles. The average molecular weight is 276 g/mol. The maximum Gasteiger partial charge on any atom is 0.244 e. The van der Waals surface area contributed by atoms with Crippen LogP contribution in [0, 0.1) is 0 Å². The summed E-state index contributed by atoms with van der Waals surface area (Å²) in [6, 6.07) is 6.49. The number of hydrogen-bond donors (Lipinski definition) is 0. The predicted octanol–water partition coefficient (Wildman–Crippen LogP) is 1.75. The van der Waals surface area contributed by atoms with Crippen LogP contribution < -0.4 is 0 Å². The standard InChI is InChI=1S/C11H14ClNO3S/c1-9-8-13(6-7-16-9)17(14,15)11-5-3-2-4-10(11)12/h2-5,9H,6-8H2,1H3/t9-/m1/s1. The first-order valence-corrected chi connectivity index (χ1v) is 7.20. The summed E-state index contributed by atoms with van der Waals surface area (Å²) < 4.78 is 31.4. The Morgan fingerprint density at radius 3 is 2.76 bits per heavy atom. The highest BCUT2D eigenvalue weighted by atomic mass is 35.5. The molecule has 2 rings (SSSR count). The van der Waals surface area contributed by atoms with Crippen LogP contribution in [0.1, 0.15) is 6.92 Å². The summed E-state index contributed by atoms with van der Waals surface area (Å²) in [5, 5.41) is 0.256. The van der Waals surface area contributed by atoms with Crippen LogP contribution in [0.3, 0.4) is 0 Å². The molecular formula is C11H14ClNO3S. The molecule has 4 nitrogen and oxygen atoms in total. The van der Waals surface area contributed by atoms with Crippen LogP contribution >= 0.6 is 11.6 Å². The normalized spacial score (nSPS) is 22.6. The molecule has 94 valence electrons. The molecule has 1 atom stereocenters. The van der Waals surface area contributed by atoms with Crippen molar-refractivity contribution in [2.24, 2.45) is 0 Å². The summed E-state index contributed by atoms with van der Waals surface area (Å²) in [6.45, 7) is 3.02. The van der Waals surface area contributed by atoms with E-state index in [1.807, 2.05) is 6.92 Å². The first-order chi connectivity index (χ1) is 8.01. The minimum atomic E-state index is -3.50. The Hall–Kier alpha value is -0.620. The molecule has 6 heteroatoms. The summed E-state index contributed by atoms with van der Waals surface area (Å²) in [5.41, 5.74) is 0. The van der Waals surface area contributed by atoms with Crippen LogP contribution in [0.5, 0.6) is 0 Å². The van der Waals surface area contributed by atoms with E-state index in [0.717, 1.165) is 0 Å². The van der Waals surface area contributed by atoms with Gasteiger partial charge in [0.15, 0.2) is 0 Å². The van der Waals surface area contributed by atoms with Gasteiger partial charge in [0.2, 0.25) is 10.0 Å². The van der Waals surface area contributed by atoms with Crippen LogP contribution in [-0.2, 0) is 14.8 Å². The van der Waals surface area contributed by atoms with Gasteiger partial charge in [0, 0.05) is 13.1 Å². The summed E-state index contributed by atoms with van der Waals surface area (Å²) in [6.07, 6.45) is -0.0824. The minimum absolute atomic E-state index is 0.0824. The lowest BCUT2D eigenvalue weighted by atomic mass is 10.3. The van der Waals surface area contributed by atoms with Gasteiger partial charge in [-0.3, -0.25) is 0 Å². The van der Waals surface area contributed by atoms with Crippen molar-refractivity contribution >= 4 is 21.6 Å². The highest BCUT2D eigenvalue weighted by molar-refractivity contribution is 7.89. The van der Waals surface area contributed by atoms with Crippen LogP contribution in [0.2, 0.25) is 5.02 Å². The SMILES string of the molecule is C[C@@H]1CN(S(=O)(=O)c2ccccc2Cl)CCO1. The van der Waals surface area contributed by atoms with E-state index in [4.69, 9.17) is 16.3 Å². The number of morpholine rings is 1. The topological polar surface area (TPSA) is 46.6 Å². The largest absolute Gasteiger partial charge is 0.376 e. The van der Waals surface area contributed by atoms with Gasteiger partial charge in [0.25, 0.3) is 0 Å². The van der Waals surface area contributed by atoms with Crippen LogP contribution in [0.4, 0.5) is 0 Å². The molecule has 1 heterocycles. The molecule has 1 aromatic carbocycles. The highest BCUT2D eigenvalue weighted by Gasteiger charge is 2.30. The van der Waals surface area contributed by atoms with Gasteiger partial charge in [-0.25, -0.2) is 8.42 Å². The lowest BCUT2D eigenvalue weighted by Gasteiger charge is -2.30. The zero-order chi connectivity index (χ0) is 12.5. The Labute approximate surface area is 106 Å². The third-order valence-corrected chi connectivity index (χ3v) is 5.02. The lowest BCUT2D eigenvalue weighted by molar-refractivity contribution is 0.0102. The van der Waals surface area contributed by atoms with Gasteiger partial charge < -0.3 is 4.74 Å². The molecule has 0 amide bonds. The van der Waals surface area contributed by atoms with Gasteiger partial charge in [0.1, 0.15) is 4.90 Å². The molecule has 1 aliphatic rings. The van der Waals surface area contributed by atoms with Gasteiger partial charge in [-0.2, -0.15) is 4.31 Å². The van der Waals surface area contributed by atoms with Crippen molar-refractivity contribution in [1.82, 2.24) is 4.31 Å². The monoisotopic (exact) mass is 275 g/mol. The molecule has 0 spiro atoms. The number of ether oxygens (including phenoxy) is 1. The van der Waals surface area contributed by atoms with Gasteiger partial charge in [-0.15, -0.1) is 0 Å². The second-order valence-electron chi connectivity index (χ2n) is 3.97. The Morgan fingerprint density at radius 2 is 2.12 bits per heavy atom. The summed E-state index contributed by atoms with van der Waals surface area (Å²) in [7, 11) is -3.50. The quantitative estimate of drug-likeness (QED) is 0.826. The maximum absolute atomic E-state index is 12.3. The molecule has 0 radical (unpaired) electrons. The zero-order valence-corrected chi connectivity index (χ0v) is 11.0. The van der Waals surface area contributed by atoms with Gasteiger partial charge in [-0.05, 0) is 19.1 Å². The minimum Gasteiger partial charge on any atom is -0.376 e. The van der Waals surface area contributed by atoms with Crippen molar-refractivity contribution in [3.05, 3.63) is 29.3 Å². The fourth-order valence-electron chi connectivity index (χ4n) is 1.80. The molecule has 1 saturated heterocycles. The fraction of sp³-hybridized carbons (Fsp3) is 0.455. The van der Waals surface area contributed by atoms with Crippen LogP contribution in [0.15, 0.2) is 29.2 Å². The van der Waals surface area contributed by atoms with Crippen molar-refractivity contribution in [2.75, 3.05) is 19.7 Å². The van der Waals surface area contributed by atoms with Gasteiger partial charge in [-0.1, -0.05) is 23.7 Å². The first-order valence-electron chi connectivity index (χ1n) is 5.38. The molecular weight excluding hydrogens is 262 g/mol. The maximum atomic E-state index is 12.3. The van der Waals surface area contributed by atoms with E-state index in [1.54, 1.807) is 18.2 Å². The molecule has 0 saturated carbocycles. The second-order valence-corrected chi connectivity index (χ2v) is 6.29. The molecule has 1 fully saturated rings. The Bertz CT molecular complexity index is 503. The van der Waals surface area contributed by atoms with E-state index in [0.29, 0.717) is 19.7 Å². The second kappa shape index (κ2) is 4.94. The molecule has 0 N–H and O–H groups in total. The molecule has 17 heavy (non-hydrogen) atoms. The summed E-state index contributed by atoms with van der Waals surface area (Å²) in [4.78, 5) is 0.163. The molecule has 1 aromatic rings. The predicted molar refractivity (Wildman–Crippen MR) is 65.6 cm³/mol. The smallest absolute Gasteiger partial charge is 0.244 e. The van der Waals surface area contributed by atoms with E-state index >= 15 is 0 Å². The average Bonchev–Trinajstić information content (AvgIpc) is 2.29. The number of hydrogen-bond acceptors (Lipinski definition) is 3. The Balaban J connectivity index is 2.33. The number of benzene rings is 1. The van der Waals surface area contributed by atoms with Crippen molar-refractivity contribution in [3.63, 3.8) is 0 Å². The molecule has 1 aliphatic heterocycles. The van der Waals surface area contributed by atoms with Crippen LogP contribution in [-0.4, -0.2) is 38.5 Å². The van der Waals surface area contributed by atoms with E-state index in [9.17, 15) is 8.42 Å².